The third kappa shape index (κ3) is 3.48. The first-order chi connectivity index (χ1) is 12.4. The van der Waals surface area contributed by atoms with Crippen LogP contribution in [0.25, 0.3) is 0 Å². The van der Waals surface area contributed by atoms with E-state index in [1.165, 1.54) is 25.1 Å². The van der Waals surface area contributed by atoms with Gasteiger partial charge >= 0.3 is 5.97 Å². The summed E-state index contributed by atoms with van der Waals surface area (Å²) in [7, 11) is -1.91. The Morgan fingerprint density at radius 3 is 2.42 bits per heavy atom. The molecule has 1 aliphatic rings. The van der Waals surface area contributed by atoms with E-state index in [1.807, 2.05) is 19.1 Å². The van der Waals surface area contributed by atoms with Gasteiger partial charge < -0.3 is 9.46 Å². The van der Waals surface area contributed by atoms with Gasteiger partial charge in [-0.25, -0.2) is 4.21 Å². The Balaban J connectivity index is 1.92. The third-order valence-corrected chi connectivity index (χ3v) is 4.84. The summed E-state index contributed by atoms with van der Waals surface area (Å²) in [5.41, 5.74) is 1.67. The summed E-state index contributed by atoms with van der Waals surface area (Å²) in [5.74, 6) is -1.67. The van der Waals surface area contributed by atoms with E-state index in [2.05, 4.69) is 4.72 Å². The van der Waals surface area contributed by atoms with Gasteiger partial charge in [-0.2, -0.15) is 0 Å². The first-order valence-corrected chi connectivity index (χ1v) is 8.89. The second-order valence-electron chi connectivity index (χ2n) is 5.71. The number of rotatable bonds is 4. The predicted octanol–water partition coefficient (Wildman–Crippen LogP) is 2.96. The van der Waals surface area contributed by atoms with Crippen molar-refractivity contribution in [3.05, 3.63) is 70.1 Å². The largest absolute Gasteiger partial charge is 0.426 e. The van der Waals surface area contributed by atoms with Gasteiger partial charge in [-0.05, 0) is 31.2 Å². The summed E-state index contributed by atoms with van der Waals surface area (Å²) in [5, 5.41) is 0. The molecule has 0 radical (unpaired) electrons. The van der Waals surface area contributed by atoms with Crippen molar-refractivity contribution in [1.29, 1.82) is 0 Å². The number of benzene rings is 2. The maximum absolute atomic E-state index is 12.7. The molecule has 0 amide bonds. The molecule has 1 aliphatic carbocycles. The quantitative estimate of drug-likeness (QED) is 0.661. The Kier molecular flexibility index (Phi) is 4.81. The van der Waals surface area contributed by atoms with Crippen LogP contribution in [0.15, 0.2) is 53.4 Å². The summed E-state index contributed by atoms with van der Waals surface area (Å²) >= 11 is 0. The molecule has 0 fully saturated rings. The summed E-state index contributed by atoms with van der Waals surface area (Å²) in [6.07, 6.45) is 1.02. The molecule has 7 heteroatoms. The zero-order chi connectivity index (χ0) is 18.8. The molecule has 0 saturated heterocycles. The van der Waals surface area contributed by atoms with Crippen molar-refractivity contribution in [2.24, 2.45) is 0 Å². The number of hydrogen-bond acceptors (Lipinski definition) is 5. The van der Waals surface area contributed by atoms with Gasteiger partial charge in [0, 0.05) is 24.3 Å². The molecule has 2 aromatic carbocycles. The molecular weight excluding hydrogens is 354 g/mol. The van der Waals surface area contributed by atoms with E-state index in [-0.39, 0.29) is 21.8 Å². The van der Waals surface area contributed by atoms with Crippen LogP contribution in [-0.4, -0.2) is 21.7 Å². The highest BCUT2D eigenvalue weighted by Crippen LogP contribution is 2.30. The molecule has 1 N–H and O–H groups in total. The molecule has 2 aromatic rings. The van der Waals surface area contributed by atoms with Gasteiger partial charge in [0.05, 0.1) is 5.56 Å². The SMILES string of the molecule is CC(=O)Oc1cccc2c1C(=O)C=C(S(=O)Nc1ccc(C)cc1)C2=O. The van der Waals surface area contributed by atoms with Gasteiger partial charge in [-0.3, -0.25) is 14.4 Å². The van der Waals surface area contributed by atoms with Gasteiger partial charge in [-0.15, -0.1) is 0 Å². The summed E-state index contributed by atoms with van der Waals surface area (Å²) in [6, 6.07) is 11.5. The number of carbonyl (C=O) groups is 3. The Hall–Kier alpha value is -3.06. The summed E-state index contributed by atoms with van der Waals surface area (Å²) in [6.45, 7) is 3.13. The normalized spacial score (nSPS) is 14.3. The highest BCUT2D eigenvalue weighted by Gasteiger charge is 2.32. The average molecular weight is 369 g/mol. The number of carbonyl (C=O) groups excluding carboxylic acids is 3. The number of hydrogen-bond donors (Lipinski definition) is 1. The Morgan fingerprint density at radius 2 is 1.77 bits per heavy atom. The highest BCUT2D eigenvalue weighted by atomic mass is 32.2. The van der Waals surface area contributed by atoms with E-state index < -0.39 is 28.5 Å². The van der Waals surface area contributed by atoms with Crippen molar-refractivity contribution in [3.8, 4) is 5.75 Å². The van der Waals surface area contributed by atoms with Crippen LogP contribution in [0.2, 0.25) is 0 Å². The van der Waals surface area contributed by atoms with E-state index in [4.69, 9.17) is 4.74 Å². The third-order valence-electron chi connectivity index (χ3n) is 3.72. The average Bonchev–Trinajstić information content (AvgIpc) is 2.59. The van der Waals surface area contributed by atoms with Crippen LogP contribution in [0.5, 0.6) is 5.75 Å². The van der Waals surface area contributed by atoms with Gasteiger partial charge in [-0.1, -0.05) is 23.8 Å². The van der Waals surface area contributed by atoms with Crippen molar-refractivity contribution in [3.63, 3.8) is 0 Å². The fourth-order valence-electron chi connectivity index (χ4n) is 2.53. The molecule has 0 aromatic heterocycles. The van der Waals surface area contributed by atoms with E-state index in [9.17, 15) is 18.6 Å². The highest BCUT2D eigenvalue weighted by molar-refractivity contribution is 7.91. The van der Waals surface area contributed by atoms with Crippen molar-refractivity contribution in [2.75, 3.05) is 4.72 Å². The minimum absolute atomic E-state index is 0.00351. The smallest absolute Gasteiger partial charge is 0.308 e. The van der Waals surface area contributed by atoms with Crippen molar-refractivity contribution >= 4 is 34.2 Å². The standard InChI is InChI=1S/C19H15NO5S/c1-11-6-8-13(9-7-11)20-26(24)17-10-15(22)18-14(19(17)23)4-3-5-16(18)25-12(2)21/h3-10,20H,1-2H3. The molecule has 132 valence electrons. The van der Waals surface area contributed by atoms with Gasteiger partial charge in [0.2, 0.25) is 5.78 Å². The second-order valence-corrected chi connectivity index (χ2v) is 6.89. The Labute approximate surface area is 152 Å². The molecule has 26 heavy (non-hydrogen) atoms. The number of fused-ring (bicyclic) bond motifs is 1. The molecule has 1 atom stereocenters. The Morgan fingerprint density at radius 1 is 1.08 bits per heavy atom. The monoisotopic (exact) mass is 369 g/mol. The van der Waals surface area contributed by atoms with Crippen molar-refractivity contribution in [2.45, 2.75) is 13.8 Å². The van der Waals surface area contributed by atoms with Gasteiger partial charge in [0.25, 0.3) is 0 Å². The van der Waals surface area contributed by atoms with Crippen molar-refractivity contribution in [1.82, 2.24) is 0 Å². The first-order valence-electron chi connectivity index (χ1n) is 7.74. The van der Waals surface area contributed by atoms with Crippen LogP contribution in [0.3, 0.4) is 0 Å². The van der Waals surface area contributed by atoms with Crippen LogP contribution in [0.1, 0.15) is 33.2 Å². The lowest BCUT2D eigenvalue weighted by Crippen LogP contribution is -2.23. The van der Waals surface area contributed by atoms with E-state index in [1.54, 1.807) is 12.1 Å². The molecule has 0 saturated carbocycles. The zero-order valence-electron chi connectivity index (χ0n) is 14.1. The zero-order valence-corrected chi connectivity index (χ0v) is 14.9. The molecular formula is C19H15NO5S. The fourth-order valence-corrected chi connectivity index (χ4v) is 3.48. The number of Topliss-reactive ketones (excluding diaryl/α,β-unsaturated/α-hetero) is 1. The number of ketones is 2. The molecule has 0 aliphatic heterocycles. The summed E-state index contributed by atoms with van der Waals surface area (Å²) in [4.78, 5) is 36.2. The predicted molar refractivity (Wildman–Crippen MR) is 97.4 cm³/mol. The van der Waals surface area contributed by atoms with Gasteiger partial charge in [0.15, 0.2) is 16.8 Å². The topological polar surface area (TPSA) is 89.5 Å². The number of nitrogens with one attached hydrogen (secondary N) is 1. The van der Waals surface area contributed by atoms with Crippen LogP contribution in [0.4, 0.5) is 5.69 Å². The molecule has 0 spiro atoms. The number of aryl methyl sites for hydroxylation is 1. The molecule has 0 heterocycles. The maximum atomic E-state index is 12.7. The molecule has 1 unspecified atom stereocenters. The number of esters is 1. The minimum Gasteiger partial charge on any atom is -0.426 e. The van der Waals surface area contributed by atoms with Crippen molar-refractivity contribution < 1.29 is 23.3 Å². The first kappa shape index (κ1) is 17.8. The van der Waals surface area contributed by atoms with Crippen LogP contribution in [0, 0.1) is 6.92 Å². The molecule has 6 nitrogen and oxygen atoms in total. The minimum atomic E-state index is -1.91. The number of anilines is 1. The molecule has 3 rings (SSSR count). The maximum Gasteiger partial charge on any atom is 0.308 e. The fraction of sp³-hybridized carbons (Fsp3) is 0.105. The second kappa shape index (κ2) is 7.05. The van der Waals surface area contributed by atoms with Crippen LogP contribution in [-0.2, 0) is 15.8 Å². The lowest BCUT2D eigenvalue weighted by molar-refractivity contribution is -0.131. The van der Waals surface area contributed by atoms with E-state index in [0.29, 0.717) is 5.69 Å². The Bertz CT molecular complexity index is 976. The van der Waals surface area contributed by atoms with Crippen LogP contribution < -0.4 is 9.46 Å². The lowest BCUT2D eigenvalue weighted by atomic mass is 9.94. The van der Waals surface area contributed by atoms with Crippen LogP contribution >= 0.6 is 0 Å². The summed E-state index contributed by atoms with van der Waals surface area (Å²) < 4.78 is 20.3. The van der Waals surface area contributed by atoms with E-state index >= 15 is 0 Å². The molecule has 0 bridgehead atoms. The van der Waals surface area contributed by atoms with Gasteiger partial charge in [0.1, 0.15) is 10.7 Å². The number of ether oxygens (including phenoxy) is 1. The van der Waals surface area contributed by atoms with E-state index in [0.717, 1.165) is 11.6 Å². The lowest BCUT2D eigenvalue weighted by Gasteiger charge is -2.17. The number of allylic oxidation sites excluding steroid dienone is 2.